The van der Waals surface area contributed by atoms with E-state index in [0.717, 1.165) is 43.4 Å². The standard InChI is InChI=1S/C37H32O4S.C9H11NO2S.C4H6O2.C3H9N.CH4O3S/c1-23-9-7-10-24(2)32(23)19-27-15-17-29-34(21-27)41-35-22-28(20-33-25(3)11-8-12-26(33)4)16-18-30(35)37(29)31-13-5-6-14-36(31)42(38,39)40;1-3-8-4-6-9(7-5-8)10(2)13(11)12;1-3(2)4(5)6;1-4(2)3;1-5(2,3)4/h5-19,21-22H,20H2,1-4H3,(H,38,39,40);3-7H,1H2,2H3,(H,11,12);1H2,2H3,(H,5,6);1-3H3;1H3,(H,2,3,4)/p-2/b27-19+;;;;. The van der Waals surface area contributed by atoms with Crippen molar-refractivity contribution in [1.82, 2.24) is 0 Å². The Morgan fingerprint density at radius 1 is 0.771 bits per heavy atom. The molecule has 1 heterocycles. The fourth-order valence-corrected chi connectivity index (χ4v) is 7.77. The van der Waals surface area contributed by atoms with Crippen molar-refractivity contribution in [3.8, 4) is 11.5 Å². The van der Waals surface area contributed by atoms with Crippen LogP contribution in [0.15, 0.2) is 145 Å². The molecule has 0 aromatic heterocycles. The number of nitrogens with zero attached hydrogens (tertiary/aromatic N) is 1. The van der Waals surface area contributed by atoms with Crippen LogP contribution in [0, 0.1) is 27.7 Å². The first-order chi connectivity index (χ1) is 32.6. The molecular weight excluding hydrogens is 949 g/mol. The van der Waals surface area contributed by atoms with Crippen LogP contribution in [0.5, 0.6) is 11.5 Å². The second-order valence-corrected chi connectivity index (χ2v) is 20.5. The lowest BCUT2D eigenvalue weighted by Gasteiger charge is -2.24. The van der Waals surface area contributed by atoms with Gasteiger partial charge in [-0.25, -0.2) is 21.6 Å². The molecule has 0 spiro atoms. The van der Waals surface area contributed by atoms with Crippen LogP contribution in [0.1, 0.15) is 62.6 Å². The molecule has 0 saturated carbocycles. The zero-order valence-corrected chi connectivity index (χ0v) is 43.5. The van der Waals surface area contributed by atoms with Crippen LogP contribution in [0.2, 0.25) is 0 Å². The Morgan fingerprint density at radius 3 is 1.77 bits per heavy atom. The fourth-order valence-electron chi connectivity index (χ4n) is 6.79. The van der Waals surface area contributed by atoms with E-state index in [0.29, 0.717) is 34.6 Å². The Bertz CT molecular complexity index is 3160. The van der Waals surface area contributed by atoms with Crippen molar-refractivity contribution >= 4 is 60.9 Å². The Kier molecular flexibility index (Phi) is 21.4. The van der Waals surface area contributed by atoms with Crippen molar-refractivity contribution in [2.45, 2.75) is 45.9 Å². The van der Waals surface area contributed by atoms with Gasteiger partial charge in [0.2, 0.25) is 0 Å². The molecule has 6 aromatic rings. The van der Waals surface area contributed by atoms with Gasteiger partial charge in [-0.15, -0.1) is 0 Å². The number of anilines is 1. The molecule has 372 valence electrons. The van der Waals surface area contributed by atoms with Crippen LogP contribution >= 0.6 is 0 Å². The molecule has 70 heavy (non-hydrogen) atoms. The summed E-state index contributed by atoms with van der Waals surface area (Å²) in [6, 6.07) is 38.0. The maximum Gasteiger partial charge on any atom is 0.330 e. The van der Waals surface area contributed by atoms with Gasteiger partial charge in [0.1, 0.15) is 21.6 Å². The predicted octanol–water partition coefficient (Wildman–Crippen LogP) is 6.73. The summed E-state index contributed by atoms with van der Waals surface area (Å²) in [7, 11) is -0.897. The monoisotopic (exact) mass is 1010 g/mol. The second kappa shape index (κ2) is 25.9. The van der Waals surface area contributed by atoms with Crippen molar-refractivity contribution in [3.05, 3.63) is 206 Å². The lowest BCUT2D eigenvalue weighted by atomic mass is 9.90. The smallest absolute Gasteiger partial charge is 0.330 e. The van der Waals surface area contributed by atoms with Crippen LogP contribution in [-0.2, 0) is 42.7 Å². The third-order valence-corrected chi connectivity index (χ3v) is 11.7. The van der Waals surface area contributed by atoms with Gasteiger partial charge in [0.05, 0.1) is 36.2 Å². The van der Waals surface area contributed by atoms with E-state index in [9.17, 15) is 26.5 Å². The molecule has 1 unspecified atom stereocenters. The first-order valence-corrected chi connectivity index (χ1v) is 25.8. The quantitative estimate of drug-likeness (QED) is 0.0881. The minimum atomic E-state index is -4.72. The summed E-state index contributed by atoms with van der Waals surface area (Å²) in [6.07, 6.45) is 5.19. The number of carbonyl (C=O) groups is 1. The van der Waals surface area contributed by atoms with Gasteiger partial charge in [-0.2, -0.15) is 0 Å². The van der Waals surface area contributed by atoms with E-state index >= 15 is 0 Å². The van der Waals surface area contributed by atoms with Gasteiger partial charge >= 0.3 is 5.97 Å². The second-order valence-electron chi connectivity index (χ2n) is 16.8. The molecule has 1 aliphatic heterocycles. The lowest BCUT2D eigenvalue weighted by Crippen LogP contribution is -3.02. The molecule has 0 saturated heterocycles. The Labute approximate surface area is 415 Å². The topological polar surface area (TPSA) is 209 Å². The summed E-state index contributed by atoms with van der Waals surface area (Å²) in [5.74, 6) is 0.304. The van der Waals surface area contributed by atoms with Crippen LogP contribution in [0.3, 0.4) is 0 Å². The number of benzene rings is 6. The number of aryl methyl sites for hydroxylation is 4. The Hall–Kier alpha value is -6.50. The van der Waals surface area contributed by atoms with Crippen LogP contribution < -0.4 is 24.4 Å². The van der Waals surface area contributed by atoms with Crippen molar-refractivity contribution < 1.29 is 54.2 Å². The van der Waals surface area contributed by atoms with Gasteiger partial charge in [0.25, 0.3) is 0 Å². The molecule has 6 aromatic carbocycles. The van der Waals surface area contributed by atoms with Gasteiger partial charge < -0.3 is 32.7 Å². The number of aliphatic carboxylic acids is 1. The normalized spacial score (nSPS) is 12.0. The molecule has 0 bridgehead atoms. The van der Waals surface area contributed by atoms with E-state index in [1.165, 1.54) is 52.8 Å². The lowest BCUT2D eigenvalue weighted by molar-refractivity contribution is -0.836. The first-order valence-electron chi connectivity index (χ1n) is 21.6. The van der Waals surface area contributed by atoms with E-state index in [4.69, 9.17) is 22.8 Å². The molecule has 13 nitrogen and oxygen atoms in total. The summed E-state index contributed by atoms with van der Waals surface area (Å²) >= 11 is -2.21. The van der Waals surface area contributed by atoms with Gasteiger partial charge in [0.15, 0.2) is 0 Å². The molecule has 0 fully saturated rings. The van der Waals surface area contributed by atoms with Crippen LogP contribution in [0.4, 0.5) is 5.69 Å². The van der Waals surface area contributed by atoms with Crippen molar-refractivity contribution in [3.63, 3.8) is 0 Å². The Morgan fingerprint density at radius 2 is 1.29 bits per heavy atom. The number of nitrogens with one attached hydrogen (secondary N) is 1. The SMILES string of the molecule is C=C(C)C(=O)O.C=Cc1ccc(N(C)S(=O)[O-])cc1.CS(=O)(=O)[O-].C[NH+](C)C.Cc1cccc(C)c1/C=c1\ccc2c(c1)Oc1cc(Cc3c(C)cccc3C)ccc1C=2c1ccccc1S(=O)(=O)[O-]. The number of carboxylic acids is 1. The fraction of sp³-hybridized carbons (Fsp3) is 0.204. The van der Waals surface area contributed by atoms with E-state index in [2.05, 4.69) is 104 Å². The Balaban J connectivity index is 0.000000377. The zero-order valence-electron chi connectivity index (χ0n) is 41.0. The molecule has 16 heteroatoms. The highest BCUT2D eigenvalue weighted by Gasteiger charge is 2.24. The van der Waals surface area contributed by atoms with Gasteiger partial charge in [0, 0.05) is 57.7 Å². The average molecular weight is 1010 g/mol. The number of hydrogen-bond acceptors (Lipinski definition) is 10. The van der Waals surface area contributed by atoms with Crippen LogP contribution in [0.25, 0.3) is 17.7 Å². The van der Waals surface area contributed by atoms with Crippen molar-refractivity contribution in [2.75, 3.05) is 38.8 Å². The molecule has 1 aliphatic rings. The minimum Gasteiger partial charge on any atom is -0.755 e. The van der Waals surface area contributed by atoms with Gasteiger partial charge in [-0.1, -0.05) is 104 Å². The van der Waals surface area contributed by atoms with Gasteiger partial charge in [-0.05, 0) is 133 Å². The van der Waals surface area contributed by atoms with Crippen molar-refractivity contribution in [1.29, 1.82) is 0 Å². The summed E-state index contributed by atoms with van der Waals surface area (Å²) in [4.78, 5) is 10.8. The number of hydrogen-bond donors (Lipinski definition) is 2. The third-order valence-electron chi connectivity index (χ3n) is 10.2. The highest BCUT2D eigenvalue weighted by molar-refractivity contribution is 7.85. The van der Waals surface area contributed by atoms with Gasteiger partial charge in [-0.3, -0.25) is 4.21 Å². The zero-order chi connectivity index (χ0) is 52.7. The maximum atomic E-state index is 12.4. The number of ether oxygens (including phenoxy) is 1. The minimum absolute atomic E-state index is 0.176. The molecule has 0 amide bonds. The summed E-state index contributed by atoms with van der Waals surface area (Å²) in [6.45, 7) is 16.6. The first kappa shape index (κ1) is 57.8. The highest BCUT2D eigenvalue weighted by Crippen LogP contribution is 2.39. The number of rotatable bonds is 9. The van der Waals surface area contributed by atoms with Crippen LogP contribution in [-0.4, -0.2) is 80.2 Å². The predicted molar refractivity (Wildman–Crippen MR) is 277 cm³/mol. The molecule has 7 rings (SSSR count). The summed E-state index contributed by atoms with van der Waals surface area (Å²) < 4.78 is 93.1. The van der Waals surface area contributed by atoms with E-state index in [1.807, 2.05) is 48.5 Å². The van der Waals surface area contributed by atoms with E-state index in [-0.39, 0.29) is 10.5 Å². The summed E-state index contributed by atoms with van der Waals surface area (Å²) in [5, 5.41) is 9.59. The van der Waals surface area contributed by atoms with E-state index < -0.39 is 37.5 Å². The number of carboxylic acid groups (broad SMARTS) is 1. The molecule has 2 N–H and O–H groups in total. The number of quaternary nitrogens is 1. The largest absolute Gasteiger partial charge is 0.755 e. The summed E-state index contributed by atoms with van der Waals surface area (Å²) in [5.41, 5.74) is 11.9. The third kappa shape index (κ3) is 17.8. The molecule has 1 atom stereocenters. The number of fused-ring (bicyclic) bond motifs is 2. The maximum absolute atomic E-state index is 12.4. The average Bonchev–Trinajstić information content (AvgIpc) is 3.27. The molecule has 0 aliphatic carbocycles. The van der Waals surface area contributed by atoms with Crippen molar-refractivity contribution in [2.24, 2.45) is 0 Å². The van der Waals surface area contributed by atoms with E-state index in [1.54, 1.807) is 36.4 Å². The highest BCUT2D eigenvalue weighted by atomic mass is 32.2. The molecular formula is C54H60N2O11S3-2. The molecule has 0 radical (unpaired) electrons.